The summed E-state index contributed by atoms with van der Waals surface area (Å²) in [5, 5.41) is 0.583. The van der Waals surface area contributed by atoms with Crippen molar-refractivity contribution in [3.8, 4) is 0 Å². The van der Waals surface area contributed by atoms with E-state index in [1.165, 1.54) is 17.4 Å². The Labute approximate surface area is 126 Å². The van der Waals surface area contributed by atoms with Gasteiger partial charge >= 0.3 is 0 Å². The van der Waals surface area contributed by atoms with Crippen LogP contribution in [0.4, 0.5) is 15.2 Å². The number of nitrogens with zero attached hydrogens (tertiary/aromatic N) is 2. The van der Waals surface area contributed by atoms with Crippen LogP contribution >= 0.6 is 11.3 Å². The molecule has 5 heteroatoms. The summed E-state index contributed by atoms with van der Waals surface area (Å²) in [5.41, 5.74) is 8.71. The Hall–Kier alpha value is -2.14. The van der Waals surface area contributed by atoms with Gasteiger partial charge in [-0.15, -0.1) is 0 Å². The predicted molar refractivity (Wildman–Crippen MR) is 87.2 cm³/mol. The first-order valence-corrected chi connectivity index (χ1v) is 7.63. The fourth-order valence-electron chi connectivity index (χ4n) is 2.36. The molecule has 0 spiro atoms. The lowest BCUT2D eigenvalue weighted by Crippen LogP contribution is -2.21. The first-order chi connectivity index (χ1) is 10.2. The summed E-state index contributed by atoms with van der Waals surface area (Å²) in [7, 11) is 0. The van der Waals surface area contributed by atoms with Crippen LogP contribution in [0.1, 0.15) is 12.5 Å². The van der Waals surface area contributed by atoms with Gasteiger partial charge in [-0.2, -0.15) is 0 Å². The monoisotopic (exact) mass is 301 g/mol. The molecule has 1 heterocycles. The number of fused-ring (bicyclic) bond motifs is 1. The van der Waals surface area contributed by atoms with Crippen molar-refractivity contribution in [1.29, 1.82) is 0 Å². The zero-order chi connectivity index (χ0) is 14.8. The molecule has 0 aliphatic carbocycles. The number of anilines is 2. The molecule has 21 heavy (non-hydrogen) atoms. The van der Waals surface area contributed by atoms with Gasteiger partial charge in [-0.05, 0) is 42.8 Å². The second-order valence-electron chi connectivity index (χ2n) is 4.85. The Bertz CT molecular complexity index is 769. The quantitative estimate of drug-likeness (QED) is 0.790. The van der Waals surface area contributed by atoms with Crippen molar-refractivity contribution in [2.45, 2.75) is 13.5 Å². The fourth-order valence-corrected chi connectivity index (χ4v) is 3.16. The van der Waals surface area contributed by atoms with E-state index < -0.39 is 0 Å². The molecule has 0 bridgehead atoms. The highest BCUT2D eigenvalue weighted by Crippen LogP contribution is 2.26. The minimum atomic E-state index is -0.211. The molecule has 3 aromatic rings. The molecule has 0 unspecified atom stereocenters. The van der Waals surface area contributed by atoms with E-state index in [-0.39, 0.29) is 5.82 Å². The van der Waals surface area contributed by atoms with E-state index in [9.17, 15) is 4.39 Å². The summed E-state index contributed by atoms with van der Waals surface area (Å²) in [6.45, 7) is 3.61. The SMILES string of the molecule is CCN(Cc1ccc2nc(N)sc2c1)c1cccc(F)c1. The van der Waals surface area contributed by atoms with Crippen LogP contribution in [0.3, 0.4) is 0 Å². The average Bonchev–Trinajstić information content (AvgIpc) is 2.84. The van der Waals surface area contributed by atoms with Gasteiger partial charge in [-0.1, -0.05) is 23.5 Å². The van der Waals surface area contributed by atoms with Crippen molar-refractivity contribution < 1.29 is 4.39 Å². The zero-order valence-electron chi connectivity index (χ0n) is 11.7. The van der Waals surface area contributed by atoms with Gasteiger partial charge in [0.2, 0.25) is 0 Å². The third kappa shape index (κ3) is 2.97. The van der Waals surface area contributed by atoms with Crippen molar-refractivity contribution in [3.05, 3.63) is 53.8 Å². The number of rotatable bonds is 4. The molecule has 3 rings (SSSR count). The minimum Gasteiger partial charge on any atom is -0.375 e. The number of nitrogen functional groups attached to an aromatic ring is 1. The van der Waals surface area contributed by atoms with E-state index in [1.807, 2.05) is 18.2 Å². The lowest BCUT2D eigenvalue weighted by molar-refractivity contribution is 0.626. The van der Waals surface area contributed by atoms with E-state index in [0.717, 1.165) is 34.6 Å². The van der Waals surface area contributed by atoms with Gasteiger partial charge in [-0.25, -0.2) is 9.37 Å². The van der Waals surface area contributed by atoms with Gasteiger partial charge in [0.25, 0.3) is 0 Å². The summed E-state index contributed by atoms with van der Waals surface area (Å²) in [6.07, 6.45) is 0. The number of aromatic nitrogens is 1. The number of benzene rings is 2. The van der Waals surface area contributed by atoms with Crippen molar-refractivity contribution in [2.75, 3.05) is 17.2 Å². The highest BCUT2D eigenvalue weighted by molar-refractivity contribution is 7.22. The molecule has 0 atom stereocenters. The molecule has 0 amide bonds. The number of hydrogen-bond acceptors (Lipinski definition) is 4. The normalized spacial score (nSPS) is 11.0. The summed E-state index contributed by atoms with van der Waals surface area (Å²) in [5.74, 6) is -0.211. The minimum absolute atomic E-state index is 0.211. The smallest absolute Gasteiger partial charge is 0.181 e. The number of halogens is 1. The topological polar surface area (TPSA) is 42.2 Å². The van der Waals surface area contributed by atoms with Gasteiger partial charge in [0.15, 0.2) is 5.13 Å². The molecule has 2 N–H and O–H groups in total. The number of hydrogen-bond donors (Lipinski definition) is 1. The van der Waals surface area contributed by atoms with Crippen molar-refractivity contribution in [2.24, 2.45) is 0 Å². The molecule has 2 aromatic carbocycles. The highest BCUT2D eigenvalue weighted by atomic mass is 32.1. The third-order valence-electron chi connectivity index (χ3n) is 3.40. The predicted octanol–water partition coefficient (Wildman–Crippen LogP) is 4.04. The van der Waals surface area contributed by atoms with Crippen LogP contribution in [0, 0.1) is 5.82 Å². The van der Waals surface area contributed by atoms with Gasteiger partial charge in [-0.3, -0.25) is 0 Å². The largest absolute Gasteiger partial charge is 0.375 e. The summed E-state index contributed by atoms with van der Waals surface area (Å²) in [6, 6.07) is 12.8. The van der Waals surface area contributed by atoms with Gasteiger partial charge < -0.3 is 10.6 Å². The maximum Gasteiger partial charge on any atom is 0.181 e. The van der Waals surface area contributed by atoms with Crippen LogP contribution in [0.25, 0.3) is 10.2 Å². The zero-order valence-corrected chi connectivity index (χ0v) is 12.5. The van der Waals surface area contributed by atoms with Gasteiger partial charge in [0, 0.05) is 18.8 Å². The van der Waals surface area contributed by atoms with E-state index in [2.05, 4.69) is 22.9 Å². The van der Waals surface area contributed by atoms with Crippen LogP contribution in [0.5, 0.6) is 0 Å². The number of nitrogens with two attached hydrogens (primary N) is 1. The maximum atomic E-state index is 13.4. The average molecular weight is 301 g/mol. The molecular formula is C16H16FN3S. The molecule has 108 valence electrons. The highest BCUT2D eigenvalue weighted by Gasteiger charge is 2.08. The molecule has 0 radical (unpaired) electrons. The Morgan fingerprint density at radius 2 is 2.10 bits per heavy atom. The van der Waals surface area contributed by atoms with Crippen molar-refractivity contribution in [3.63, 3.8) is 0 Å². The second-order valence-corrected chi connectivity index (χ2v) is 5.91. The molecule has 0 aliphatic heterocycles. The Kier molecular flexibility index (Phi) is 3.75. The standard InChI is InChI=1S/C16H16FN3S/c1-2-20(13-5-3-4-12(17)9-13)10-11-6-7-14-15(8-11)21-16(18)19-14/h3-9H,2,10H2,1H3,(H2,18,19). The molecule has 3 nitrogen and oxygen atoms in total. The molecule has 0 saturated heterocycles. The van der Waals surface area contributed by atoms with Crippen molar-refractivity contribution >= 4 is 32.4 Å². The van der Waals surface area contributed by atoms with Gasteiger partial charge in [0.1, 0.15) is 5.82 Å². The molecule has 0 saturated carbocycles. The lowest BCUT2D eigenvalue weighted by atomic mass is 10.2. The fraction of sp³-hybridized carbons (Fsp3) is 0.188. The van der Waals surface area contributed by atoms with E-state index in [0.29, 0.717) is 5.13 Å². The Balaban J connectivity index is 1.88. The third-order valence-corrected chi connectivity index (χ3v) is 4.25. The van der Waals surface area contributed by atoms with Gasteiger partial charge in [0.05, 0.1) is 10.2 Å². The van der Waals surface area contributed by atoms with Crippen LogP contribution in [-0.4, -0.2) is 11.5 Å². The Morgan fingerprint density at radius 1 is 1.24 bits per heavy atom. The molecule has 0 aliphatic rings. The van der Waals surface area contributed by atoms with E-state index >= 15 is 0 Å². The summed E-state index contributed by atoms with van der Waals surface area (Å²) in [4.78, 5) is 6.39. The first kappa shape index (κ1) is 13.8. The van der Waals surface area contributed by atoms with Crippen LogP contribution in [-0.2, 0) is 6.54 Å². The molecule has 1 aromatic heterocycles. The van der Waals surface area contributed by atoms with E-state index in [1.54, 1.807) is 12.1 Å². The summed E-state index contributed by atoms with van der Waals surface area (Å²) < 4.78 is 14.5. The maximum absolute atomic E-state index is 13.4. The molecule has 0 fully saturated rings. The van der Waals surface area contributed by atoms with Crippen molar-refractivity contribution in [1.82, 2.24) is 4.98 Å². The van der Waals surface area contributed by atoms with Crippen LogP contribution in [0.2, 0.25) is 0 Å². The van der Waals surface area contributed by atoms with E-state index in [4.69, 9.17) is 5.73 Å². The van der Waals surface area contributed by atoms with Crippen LogP contribution in [0.15, 0.2) is 42.5 Å². The second kappa shape index (κ2) is 5.69. The molecular weight excluding hydrogens is 285 g/mol. The summed E-state index contributed by atoms with van der Waals surface area (Å²) >= 11 is 1.49. The Morgan fingerprint density at radius 3 is 2.86 bits per heavy atom. The lowest BCUT2D eigenvalue weighted by Gasteiger charge is -2.23. The first-order valence-electron chi connectivity index (χ1n) is 6.81. The number of thiazole rings is 1. The van der Waals surface area contributed by atoms with Crippen LogP contribution < -0.4 is 10.6 Å².